The van der Waals surface area contributed by atoms with Crippen LogP contribution in [0, 0.1) is 6.92 Å². The second-order valence-corrected chi connectivity index (χ2v) is 5.29. The van der Waals surface area contributed by atoms with Crippen molar-refractivity contribution in [2.45, 2.75) is 31.8 Å². The number of sulfonamides is 1. The Morgan fingerprint density at radius 3 is 2.53 bits per heavy atom. The highest BCUT2D eigenvalue weighted by atomic mass is 32.2. The lowest BCUT2D eigenvalue weighted by Crippen LogP contribution is -2.14. The van der Waals surface area contributed by atoms with E-state index in [9.17, 15) is 21.6 Å². The number of hydrogen-bond acceptors (Lipinski definition) is 3. The van der Waals surface area contributed by atoms with Crippen molar-refractivity contribution in [1.29, 1.82) is 0 Å². The van der Waals surface area contributed by atoms with Crippen molar-refractivity contribution in [3.63, 3.8) is 0 Å². The summed E-state index contributed by atoms with van der Waals surface area (Å²) in [6.07, 6.45) is -4.01. The van der Waals surface area contributed by atoms with Gasteiger partial charge >= 0.3 is 6.18 Å². The van der Waals surface area contributed by atoms with Gasteiger partial charge in [-0.2, -0.15) is 18.3 Å². The molecule has 17 heavy (non-hydrogen) atoms. The van der Waals surface area contributed by atoms with Gasteiger partial charge in [0.05, 0.1) is 17.9 Å². The summed E-state index contributed by atoms with van der Waals surface area (Å²) in [6, 6.07) is 0. The summed E-state index contributed by atoms with van der Waals surface area (Å²) in [6.45, 7) is 1.18. The average Bonchev–Trinajstić information content (AvgIpc) is 2.40. The summed E-state index contributed by atoms with van der Waals surface area (Å²) in [7, 11) is -3.71. The molecule has 0 aromatic carbocycles. The molecule has 0 aliphatic carbocycles. The Morgan fingerprint density at radius 2 is 2.06 bits per heavy atom. The smallest absolute Gasteiger partial charge is 0.272 e. The number of hydrogen-bond donors (Lipinski definition) is 1. The topological polar surface area (TPSA) is 78.0 Å². The Morgan fingerprint density at radius 1 is 1.47 bits per heavy atom. The lowest BCUT2D eigenvalue weighted by molar-refractivity contribution is -0.137. The van der Waals surface area contributed by atoms with Gasteiger partial charge in [-0.1, -0.05) is 0 Å². The molecule has 1 heterocycles. The molecule has 0 aliphatic heterocycles. The number of aryl methyl sites for hydroxylation is 2. The lowest BCUT2D eigenvalue weighted by atomic mass is 10.3. The van der Waals surface area contributed by atoms with Crippen LogP contribution in [-0.4, -0.2) is 24.4 Å². The number of aromatic nitrogens is 2. The van der Waals surface area contributed by atoms with Crippen LogP contribution < -0.4 is 5.14 Å². The van der Waals surface area contributed by atoms with Crippen molar-refractivity contribution in [2.24, 2.45) is 5.14 Å². The van der Waals surface area contributed by atoms with Crippen LogP contribution in [0.3, 0.4) is 0 Å². The van der Waals surface area contributed by atoms with E-state index in [0.717, 1.165) is 4.68 Å². The third-order valence-corrected chi connectivity index (χ3v) is 2.74. The van der Waals surface area contributed by atoms with Gasteiger partial charge in [-0.15, -0.1) is 0 Å². The Bertz CT molecular complexity index is 493. The minimum absolute atomic E-state index is 0.315. The van der Waals surface area contributed by atoms with Crippen LogP contribution in [0.2, 0.25) is 0 Å². The van der Waals surface area contributed by atoms with Gasteiger partial charge in [-0.25, -0.2) is 13.6 Å². The summed E-state index contributed by atoms with van der Waals surface area (Å²) in [5, 5.41) is 8.64. The van der Waals surface area contributed by atoms with Crippen LogP contribution in [-0.2, 0) is 22.3 Å². The molecule has 0 bridgehead atoms. The molecule has 5 nitrogen and oxygen atoms in total. The molecule has 0 saturated carbocycles. The fourth-order valence-electron chi connectivity index (χ4n) is 1.27. The molecule has 0 fully saturated rings. The number of halogens is 3. The first-order chi connectivity index (χ1) is 7.57. The maximum Gasteiger partial charge on any atom is 0.390 e. The van der Waals surface area contributed by atoms with Gasteiger partial charge in [0.2, 0.25) is 10.0 Å². The Labute approximate surface area is 96.5 Å². The molecule has 0 spiro atoms. The zero-order valence-corrected chi connectivity index (χ0v) is 9.85. The Hall–Kier alpha value is -1.09. The highest BCUT2D eigenvalue weighted by Gasteiger charge is 2.27. The van der Waals surface area contributed by atoms with Crippen LogP contribution in [0.5, 0.6) is 0 Å². The molecule has 0 aliphatic rings. The quantitative estimate of drug-likeness (QED) is 0.885. The Balaban J connectivity index is 2.75. The van der Waals surface area contributed by atoms with Gasteiger partial charge in [0, 0.05) is 18.3 Å². The fraction of sp³-hybridized carbons (Fsp3) is 0.625. The number of nitrogens with two attached hydrogens (primary N) is 1. The Kier molecular flexibility index (Phi) is 3.82. The van der Waals surface area contributed by atoms with E-state index in [4.69, 9.17) is 5.14 Å². The summed E-state index contributed by atoms with van der Waals surface area (Å²) >= 11 is 0. The summed E-state index contributed by atoms with van der Waals surface area (Å²) in [4.78, 5) is 0. The molecule has 2 N–H and O–H groups in total. The molecule has 0 radical (unpaired) electrons. The van der Waals surface area contributed by atoms with Gasteiger partial charge in [0.25, 0.3) is 0 Å². The molecule has 0 atom stereocenters. The maximum atomic E-state index is 12.0. The van der Waals surface area contributed by atoms with Crippen LogP contribution in [0.4, 0.5) is 13.2 Å². The van der Waals surface area contributed by atoms with Crippen molar-refractivity contribution in [1.82, 2.24) is 9.78 Å². The van der Waals surface area contributed by atoms with E-state index < -0.39 is 28.4 Å². The highest BCUT2D eigenvalue weighted by Crippen LogP contribution is 2.20. The maximum absolute atomic E-state index is 12.0. The first kappa shape index (κ1) is 14.0. The van der Waals surface area contributed by atoms with E-state index in [1.54, 1.807) is 0 Å². The first-order valence-corrected chi connectivity index (χ1v) is 6.38. The largest absolute Gasteiger partial charge is 0.390 e. The highest BCUT2D eigenvalue weighted by molar-refractivity contribution is 7.88. The third-order valence-electron chi connectivity index (χ3n) is 2.03. The molecule has 1 aromatic rings. The zero-order chi connectivity index (χ0) is 13.3. The molecule has 0 amide bonds. The minimum Gasteiger partial charge on any atom is -0.272 e. The lowest BCUT2D eigenvalue weighted by Gasteiger charge is -2.05. The number of primary sulfonamides is 1. The van der Waals surface area contributed by atoms with Gasteiger partial charge in [0.15, 0.2) is 0 Å². The van der Waals surface area contributed by atoms with Crippen molar-refractivity contribution in [3.8, 4) is 0 Å². The number of rotatable bonds is 4. The first-order valence-electron chi connectivity index (χ1n) is 4.67. The molecule has 1 rings (SSSR count). The number of nitrogens with zero attached hydrogens (tertiary/aromatic N) is 2. The third kappa shape index (κ3) is 5.18. The molecule has 1 aromatic heterocycles. The summed E-state index contributed by atoms with van der Waals surface area (Å²) in [5.41, 5.74) is 0.677. The average molecular weight is 271 g/mol. The standard InChI is InChI=1S/C8H12F3N3O2S/c1-6-7(5-17(12,15)16)4-14(13-6)3-2-8(9,10)11/h4H,2-3,5H2,1H3,(H2,12,15,16). The van der Waals surface area contributed by atoms with Crippen LogP contribution in [0.15, 0.2) is 6.20 Å². The molecule has 0 unspecified atom stereocenters. The molecular formula is C8H12F3N3O2S. The van der Waals surface area contributed by atoms with E-state index in [-0.39, 0.29) is 6.54 Å². The zero-order valence-electron chi connectivity index (χ0n) is 9.03. The van der Waals surface area contributed by atoms with E-state index in [2.05, 4.69) is 5.10 Å². The van der Waals surface area contributed by atoms with E-state index >= 15 is 0 Å². The van der Waals surface area contributed by atoms with Gasteiger partial charge in [-0.3, -0.25) is 4.68 Å². The monoisotopic (exact) mass is 271 g/mol. The summed E-state index contributed by atoms with van der Waals surface area (Å²) < 4.78 is 58.6. The SMILES string of the molecule is Cc1nn(CCC(F)(F)F)cc1CS(N)(=O)=O. The predicted molar refractivity (Wildman–Crippen MR) is 54.4 cm³/mol. The molecule has 9 heteroatoms. The second kappa shape index (κ2) is 4.65. The van der Waals surface area contributed by atoms with Crippen LogP contribution in [0.1, 0.15) is 17.7 Å². The van der Waals surface area contributed by atoms with Crippen molar-refractivity contribution < 1.29 is 21.6 Å². The van der Waals surface area contributed by atoms with E-state index in [1.807, 2.05) is 0 Å². The van der Waals surface area contributed by atoms with Crippen LogP contribution in [0.25, 0.3) is 0 Å². The van der Waals surface area contributed by atoms with Crippen molar-refractivity contribution >= 4 is 10.0 Å². The predicted octanol–water partition coefficient (Wildman–Crippen LogP) is 0.932. The van der Waals surface area contributed by atoms with E-state index in [0.29, 0.717) is 11.3 Å². The fourth-order valence-corrected chi connectivity index (χ4v) is 1.99. The van der Waals surface area contributed by atoms with Gasteiger partial charge < -0.3 is 0 Å². The van der Waals surface area contributed by atoms with Gasteiger partial charge in [0.1, 0.15) is 0 Å². The second-order valence-electron chi connectivity index (χ2n) is 3.68. The summed E-state index contributed by atoms with van der Waals surface area (Å²) in [5.74, 6) is -0.426. The van der Waals surface area contributed by atoms with Crippen molar-refractivity contribution in [3.05, 3.63) is 17.5 Å². The van der Waals surface area contributed by atoms with E-state index in [1.165, 1.54) is 13.1 Å². The van der Waals surface area contributed by atoms with Crippen LogP contribution >= 0.6 is 0 Å². The van der Waals surface area contributed by atoms with Gasteiger partial charge in [-0.05, 0) is 6.92 Å². The molecule has 98 valence electrons. The minimum atomic E-state index is -4.26. The normalized spacial score (nSPS) is 13.0. The molecular weight excluding hydrogens is 259 g/mol. The number of alkyl halides is 3. The van der Waals surface area contributed by atoms with Crippen molar-refractivity contribution in [2.75, 3.05) is 0 Å². The molecule has 0 saturated heterocycles.